The van der Waals surface area contributed by atoms with Crippen molar-refractivity contribution >= 4 is 28.9 Å². The molecule has 23 heavy (non-hydrogen) atoms. The van der Waals surface area contributed by atoms with Gasteiger partial charge < -0.3 is 10.0 Å². The minimum Gasteiger partial charge on any atom is -0.478 e. The average molecular weight is 327 g/mol. The van der Waals surface area contributed by atoms with E-state index in [1.165, 1.54) is 11.3 Å². The Morgan fingerprint density at radius 1 is 1.30 bits per heavy atom. The quantitative estimate of drug-likeness (QED) is 0.783. The highest BCUT2D eigenvalue weighted by molar-refractivity contribution is 7.10. The summed E-state index contributed by atoms with van der Waals surface area (Å²) in [6.07, 6.45) is 3.98. The van der Waals surface area contributed by atoms with Gasteiger partial charge in [0, 0.05) is 23.0 Å². The molecule has 1 amide bonds. The van der Waals surface area contributed by atoms with E-state index in [1.807, 2.05) is 24.4 Å². The monoisotopic (exact) mass is 327 g/mol. The van der Waals surface area contributed by atoms with Crippen molar-refractivity contribution in [2.75, 3.05) is 6.54 Å². The molecule has 0 fully saturated rings. The molecule has 116 valence electrons. The first kappa shape index (κ1) is 14.0. The number of carbonyl (C=O) groups is 2. The Kier molecular flexibility index (Phi) is 3.16. The number of carboxylic acids is 1. The van der Waals surface area contributed by atoms with Crippen LogP contribution in [0.3, 0.4) is 0 Å². The number of aromatic carboxylic acids is 1. The zero-order valence-corrected chi connectivity index (χ0v) is 12.9. The number of pyridine rings is 1. The zero-order valence-electron chi connectivity index (χ0n) is 12.1. The van der Waals surface area contributed by atoms with Gasteiger partial charge in [-0.25, -0.2) is 9.78 Å². The van der Waals surface area contributed by atoms with Crippen molar-refractivity contribution in [3.05, 3.63) is 57.7 Å². The van der Waals surface area contributed by atoms with Crippen LogP contribution < -0.4 is 0 Å². The third kappa shape index (κ3) is 2.20. The van der Waals surface area contributed by atoms with Gasteiger partial charge in [-0.05, 0) is 24.1 Å². The lowest BCUT2D eigenvalue weighted by Gasteiger charge is -2.27. The molecule has 0 saturated carbocycles. The maximum atomic E-state index is 12.8. The number of hydrogen-bond donors (Lipinski definition) is 1. The van der Waals surface area contributed by atoms with Crippen LogP contribution in [0, 0.1) is 0 Å². The van der Waals surface area contributed by atoms with Gasteiger partial charge in [0.25, 0.3) is 5.91 Å². The molecule has 1 N–H and O–H groups in total. The molecule has 1 aliphatic rings. The summed E-state index contributed by atoms with van der Waals surface area (Å²) < 4.78 is 1.77. The van der Waals surface area contributed by atoms with E-state index >= 15 is 0 Å². The Morgan fingerprint density at radius 2 is 2.17 bits per heavy atom. The standard InChI is InChI=1S/C16H13N3O3S/c20-15(12-7-17-14-3-1-2-5-19(12)14)18-6-4-10-11(16(21)22)9-23-13(10)8-18/h1-3,5,7,9H,4,6,8H2,(H,21,22). The smallest absolute Gasteiger partial charge is 0.336 e. The third-order valence-corrected chi connectivity index (χ3v) is 5.11. The molecule has 0 aliphatic carbocycles. The molecular formula is C16H13N3O3S. The summed E-state index contributed by atoms with van der Waals surface area (Å²) >= 11 is 1.41. The second kappa shape index (κ2) is 5.20. The Hall–Kier alpha value is -2.67. The van der Waals surface area contributed by atoms with Crippen molar-refractivity contribution in [1.29, 1.82) is 0 Å². The van der Waals surface area contributed by atoms with Crippen molar-refractivity contribution in [3.63, 3.8) is 0 Å². The number of rotatable bonds is 2. The van der Waals surface area contributed by atoms with Gasteiger partial charge in [0.15, 0.2) is 0 Å². The van der Waals surface area contributed by atoms with Crippen LogP contribution in [-0.4, -0.2) is 37.8 Å². The second-order valence-corrected chi connectivity index (χ2v) is 6.37. The van der Waals surface area contributed by atoms with Crippen LogP contribution in [0.4, 0.5) is 0 Å². The topological polar surface area (TPSA) is 74.9 Å². The molecule has 0 aromatic carbocycles. The van der Waals surface area contributed by atoms with Gasteiger partial charge in [0.05, 0.1) is 18.3 Å². The molecule has 3 aromatic rings. The van der Waals surface area contributed by atoms with Gasteiger partial charge in [0.2, 0.25) is 0 Å². The molecule has 0 atom stereocenters. The fourth-order valence-electron chi connectivity index (χ4n) is 2.93. The summed E-state index contributed by atoms with van der Waals surface area (Å²) in [5.41, 5.74) is 2.49. The summed E-state index contributed by atoms with van der Waals surface area (Å²) in [5.74, 6) is -0.983. The largest absolute Gasteiger partial charge is 0.478 e. The van der Waals surface area contributed by atoms with Gasteiger partial charge in [-0.2, -0.15) is 0 Å². The fourth-order valence-corrected chi connectivity index (χ4v) is 4.02. The minimum absolute atomic E-state index is 0.0837. The maximum Gasteiger partial charge on any atom is 0.336 e. The lowest BCUT2D eigenvalue weighted by Crippen LogP contribution is -2.36. The van der Waals surface area contributed by atoms with Crippen LogP contribution in [-0.2, 0) is 13.0 Å². The third-order valence-electron chi connectivity index (χ3n) is 4.10. The molecule has 0 saturated heterocycles. The summed E-state index contributed by atoms with van der Waals surface area (Å²) in [6.45, 7) is 0.967. The van der Waals surface area contributed by atoms with E-state index in [0.29, 0.717) is 30.8 Å². The number of nitrogens with zero attached hydrogens (tertiary/aromatic N) is 3. The van der Waals surface area contributed by atoms with E-state index < -0.39 is 5.97 Å². The molecule has 0 spiro atoms. The predicted molar refractivity (Wildman–Crippen MR) is 84.9 cm³/mol. The number of thiophene rings is 1. The average Bonchev–Trinajstić information content (AvgIpc) is 3.17. The van der Waals surface area contributed by atoms with Gasteiger partial charge in [-0.15, -0.1) is 11.3 Å². The molecule has 0 bridgehead atoms. The van der Waals surface area contributed by atoms with E-state index in [9.17, 15) is 14.7 Å². The number of carboxylic acid groups (broad SMARTS) is 1. The van der Waals surface area contributed by atoms with E-state index in [2.05, 4.69) is 4.98 Å². The van der Waals surface area contributed by atoms with E-state index in [-0.39, 0.29) is 5.91 Å². The SMILES string of the molecule is O=C(O)c1csc2c1CCN(C(=O)c1cnc3ccccn13)C2. The van der Waals surface area contributed by atoms with Crippen LogP contribution in [0.2, 0.25) is 0 Å². The lowest BCUT2D eigenvalue weighted by atomic mass is 10.0. The van der Waals surface area contributed by atoms with Gasteiger partial charge in [0.1, 0.15) is 11.3 Å². The molecule has 6 nitrogen and oxygen atoms in total. The molecule has 1 aliphatic heterocycles. The van der Waals surface area contributed by atoms with Crippen LogP contribution in [0.25, 0.3) is 5.65 Å². The maximum absolute atomic E-state index is 12.8. The number of imidazole rings is 1. The molecule has 3 aromatic heterocycles. The zero-order chi connectivity index (χ0) is 16.0. The summed E-state index contributed by atoms with van der Waals surface area (Å²) in [7, 11) is 0. The van der Waals surface area contributed by atoms with E-state index in [4.69, 9.17) is 0 Å². The summed E-state index contributed by atoms with van der Waals surface area (Å²) in [4.78, 5) is 30.9. The Balaban J connectivity index is 1.64. The van der Waals surface area contributed by atoms with Crippen LogP contribution in [0.1, 0.15) is 31.3 Å². The number of hydrogen-bond acceptors (Lipinski definition) is 4. The van der Waals surface area contributed by atoms with Crippen LogP contribution in [0.5, 0.6) is 0 Å². The first-order chi connectivity index (χ1) is 11.1. The van der Waals surface area contributed by atoms with Gasteiger partial charge >= 0.3 is 5.97 Å². The van der Waals surface area contributed by atoms with Gasteiger partial charge in [-0.3, -0.25) is 9.20 Å². The minimum atomic E-state index is -0.899. The number of fused-ring (bicyclic) bond motifs is 2. The lowest BCUT2D eigenvalue weighted by molar-refractivity contribution is 0.0695. The highest BCUT2D eigenvalue weighted by Gasteiger charge is 2.28. The highest BCUT2D eigenvalue weighted by Crippen LogP contribution is 2.29. The number of aromatic nitrogens is 2. The molecule has 4 heterocycles. The van der Waals surface area contributed by atoms with Crippen LogP contribution in [0.15, 0.2) is 36.0 Å². The van der Waals surface area contributed by atoms with E-state index in [1.54, 1.807) is 20.9 Å². The first-order valence-electron chi connectivity index (χ1n) is 7.19. The van der Waals surface area contributed by atoms with Crippen molar-refractivity contribution in [2.24, 2.45) is 0 Å². The van der Waals surface area contributed by atoms with Crippen molar-refractivity contribution < 1.29 is 14.7 Å². The Labute approximate surface area is 135 Å². The fraction of sp³-hybridized carbons (Fsp3) is 0.188. The predicted octanol–water partition coefficient (Wildman–Crippen LogP) is 2.29. The number of amides is 1. The Bertz CT molecular complexity index is 928. The normalized spacial score (nSPS) is 14.0. The van der Waals surface area contributed by atoms with Crippen molar-refractivity contribution in [3.8, 4) is 0 Å². The second-order valence-electron chi connectivity index (χ2n) is 5.41. The van der Waals surface area contributed by atoms with E-state index in [0.717, 1.165) is 16.1 Å². The summed E-state index contributed by atoms with van der Waals surface area (Å²) in [5, 5.41) is 10.8. The molecular weight excluding hydrogens is 314 g/mol. The first-order valence-corrected chi connectivity index (χ1v) is 8.07. The molecule has 7 heteroatoms. The van der Waals surface area contributed by atoms with Gasteiger partial charge in [-0.1, -0.05) is 6.07 Å². The van der Waals surface area contributed by atoms with Crippen molar-refractivity contribution in [2.45, 2.75) is 13.0 Å². The molecule has 4 rings (SSSR count). The number of carbonyl (C=O) groups excluding carboxylic acids is 1. The van der Waals surface area contributed by atoms with Crippen LogP contribution >= 0.6 is 11.3 Å². The highest BCUT2D eigenvalue weighted by atomic mass is 32.1. The Morgan fingerprint density at radius 3 is 3.00 bits per heavy atom. The molecule has 0 unspecified atom stereocenters. The summed E-state index contributed by atoms with van der Waals surface area (Å²) in [6, 6.07) is 5.59. The van der Waals surface area contributed by atoms with Crippen molar-refractivity contribution in [1.82, 2.24) is 14.3 Å². The molecule has 0 radical (unpaired) electrons.